The van der Waals surface area contributed by atoms with Gasteiger partial charge in [0.1, 0.15) is 0 Å². The van der Waals surface area contributed by atoms with Crippen LogP contribution in [0.3, 0.4) is 0 Å². The van der Waals surface area contributed by atoms with Crippen LogP contribution in [-0.4, -0.2) is 23.5 Å². The molecule has 0 fully saturated rings. The van der Waals surface area contributed by atoms with Crippen molar-refractivity contribution in [1.82, 2.24) is 4.98 Å². The highest BCUT2D eigenvalue weighted by Gasteiger charge is 2.14. The fourth-order valence-electron chi connectivity index (χ4n) is 1.97. The SMILES string of the molecule is CC(C)C(N)CNc1c(C(N)=O)cnc2ccccc12. The zero-order valence-electron chi connectivity index (χ0n) is 11.8. The molecule has 0 saturated heterocycles. The summed E-state index contributed by atoms with van der Waals surface area (Å²) in [6, 6.07) is 7.62. The smallest absolute Gasteiger partial charge is 0.252 e. The maximum Gasteiger partial charge on any atom is 0.252 e. The lowest BCUT2D eigenvalue weighted by Gasteiger charge is -2.19. The molecule has 0 spiro atoms. The van der Waals surface area contributed by atoms with E-state index in [1.807, 2.05) is 24.3 Å². The summed E-state index contributed by atoms with van der Waals surface area (Å²) in [6.45, 7) is 4.70. The summed E-state index contributed by atoms with van der Waals surface area (Å²) in [4.78, 5) is 15.8. The highest BCUT2D eigenvalue weighted by molar-refractivity contribution is 6.06. The molecule has 1 aromatic heterocycles. The Morgan fingerprint density at radius 3 is 2.70 bits per heavy atom. The van der Waals surface area contributed by atoms with Crippen LogP contribution in [0.2, 0.25) is 0 Å². The molecule has 0 radical (unpaired) electrons. The summed E-state index contributed by atoms with van der Waals surface area (Å²) in [5.74, 6) is -0.142. The first-order valence-corrected chi connectivity index (χ1v) is 6.67. The van der Waals surface area contributed by atoms with Crippen molar-refractivity contribution in [3.05, 3.63) is 36.0 Å². The molecule has 2 aromatic rings. The molecule has 1 amide bonds. The zero-order chi connectivity index (χ0) is 14.7. The first-order chi connectivity index (χ1) is 9.50. The number of anilines is 1. The first kappa shape index (κ1) is 14.3. The van der Waals surface area contributed by atoms with Gasteiger partial charge in [-0.2, -0.15) is 0 Å². The van der Waals surface area contributed by atoms with Gasteiger partial charge in [0.25, 0.3) is 5.91 Å². The molecule has 1 atom stereocenters. The third kappa shape index (κ3) is 2.88. The van der Waals surface area contributed by atoms with Crippen LogP contribution in [-0.2, 0) is 0 Å². The van der Waals surface area contributed by atoms with E-state index >= 15 is 0 Å². The van der Waals surface area contributed by atoms with Gasteiger partial charge in [0, 0.05) is 24.2 Å². The van der Waals surface area contributed by atoms with E-state index in [-0.39, 0.29) is 6.04 Å². The largest absolute Gasteiger partial charge is 0.382 e. The molecule has 0 aliphatic heterocycles. The molecule has 0 aliphatic carbocycles. The highest BCUT2D eigenvalue weighted by Crippen LogP contribution is 2.25. The summed E-state index contributed by atoms with van der Waals surface area (Å²) in [5, 5.41) is 4.13. The monoisotopic (exact) mass is 272 g/mol. The van der Waals surface area contributed by atoms with Crippen LogP contribution in [0.5, 0.6) is 0 Å². The van der Waals surface area contributed by atoms with Gasteiger partial charge in [-0.05, 0) is 12.0 Å². The maximum absolute atomic E-state index is 11.6. The van der Waals surface area contributed by atoms with Crippen LogP contribution < -0.4 is 16.8 Å². The molecule has 5 N–H and O–H groups in total. The molecule has 0 bridgehead atoms. The summed E-state index contributed by atoms with van der Waals surface area (Å²) in [5.41, 5.74) is 13.4. The number of fused-ring (bicyclic) bond motifs is 1. The van der Waals surface area contributed by atoms with E-state index < -0.39 is 5.91 Å². The van der Waals surface area contributed by atoms with Crippen molar-refractivity contribution in [2.75, 3.05) is 11.9 Å². The number of primary amides is 1. The Morgan fingerprint density at radius 2 is 2.05 bits per heavy atom. The predicted molar refractivity (Wildman–Crippen MR) is 81.6 cm³/mol. The molecule has 1 heterocycles. The zero-order valence-corrected chi connectivity index (χ0v) is 11.8. The van der Waals surface area contributed by atoms with E-state index in [1.54, 1.807) is 0 Å². The Labute approximate surface area is 118 Å². The average Bonchev–Trinajstić information content (AvgIpc) is 2.43. The number of pyridine rings is 1. The van der Waals surface area contributed by atoms with E-state index in [1.165, 1.54) is 6.20 Å². The second-order valence-corrected chi connectivity index (χ2v) is 5.22. The average molecular weight is 272 g/mol. The Hall–Kier alpha value is -2.14. The van der Waals surface area contributed by atoms with Crippen molar-refractivity contribution >= 4 is 22.5 Å². The van der Waals surface area contributed by atoms with Crippen LogP contribution in [0.25, 0.3) is 10.9 Å². The number of aromatic nitrogens is 1. The number of benzene rings is 1. The van der Waals surface area contributed by atoms with Gasteiger partial charge in [-0.15, -0.1) is 0 Å². The third-order valence-electron chi connectivity index (χ3n) is 3.41. The number of carbonyl (C=O) groups excluding carboxylic acids is 1. The van der Waals surface area contributed by atoms with Crippen molar-refractivity contribution in [3.63, 3.8) is 0 Å². The number of nitrogens with one attached hydrogen (secondary N) is 1. The molecule has 2 rings (SSSR count). The van der Waals surface area contributed by atoms with Gasteiger partial charge in [0.2, 0.25) is 0 Å². The van der Waals surface area contributed by atoms with Crippen LogP contribution >= 0.6 is 0 Å². The van der Waals surface area contributed by atoms with Crippen molar-refractivity contribution in [3.8, 4) is 0 Å². The normalized spacial score (nSPS) is 12.6. The van der Waals surface area contributed by atoms with Gasteiger partial charge < -0.3 is 16.8 Å². The Morgan fingerprint density at radius 1 is 1.35 bits per heavy atom. The topological polar surface area (TPSA) is 94.0 Å². The number of amides is 1. The minimum absolute atomic E-state index is 0.00246. The third-order valence-corrected chi connectivity index (χ3v) is 3.41. The standard InChI is InChI=1S/C15H20N4O/c1-9(2)12(16)8-19-14-10-5-3-4-6-13(10)18-7-11(14)15(17)20/h3-7,9,12H,8,16H2,1-2H3,(H2,17,20)(H,18,19). The summed E-state index contributed by atoms with van der Waals surface area (Å²) in [6.07, 6.45) is 1.51. The van der Waals surface area contributed by atoms with Gasteiger partial charge in [0.15, 0.2) is 0 Å². The van der Waals surface area contributed by atoms with Crippen LogP contribution in [0.4, 0.5) is 5.69 Å². The van der Waals surface area contributed by atoms with E-state index in [4.69, 9.17) is 11.5 Å². The number of para-hydroxylation sites is 1. The van der Waals surface area contributed by atoms with E-state index in [2.05, 4.69) is 24.1 Å². The molecule has 0 aliphatic rings. The fraction of sp³-hybridized carbons (Fsp3) is 0.333. The van der Waals surface area contributed by atoms with Gasteiger partial charge >= 0.3 is 0 Å². The second kappa shape index (κ2) is 5.88. The Balaban J connectivity index is 2.42. The highest BCUT2D eigenvalue weighted by atomic mass is 16.1. The predicted octanol–water partition coefficient (Wildman–Crippen LogP) is 1.73. The molecule has 1 aromatic carbocycles. The van der Waals surface area contributed by atoms with Gasteiger partial charge in [-0.3, -0.25) is 9.78 Å². The van der Waals surface area contributed by atoms with E-state index in [0.29, 0.717) is 23.7 Å². The molecular formula is C15H20N4O. The molecule has 0 saturated carbocycles. The van der Waals surface area contributed by atoms with Gasteiger partial charge in [-0.1, -0.05) is 32.0 Å². The minimum Gasteiger partial charge on any atom is -0.382 e. The number of hydrogen-bond donors (Lipinski definition) is 3. The van der Waals surface area contributed by atoms with E-state index in [0.717, 1.165) is 10.9 Å². The minimum atomic E-state index is -0.496. The lowest BCUT2D eigenvalue weighted by Crippen LogP contribution is -2.34. The van der Waals surface area contributed by atoms with Gasteiger partial charge in [-0.25, -0.2) is 0 Å². The van der Waals surface area contributed by atoms with Crippen molar-refractivity contribution in [2.45, 2.75) is 19.9 Å². The fourth-order valence-corrected chi connectivity index (χ4v) is 1.97. The van der Waals surface area contributed by atoms with Crippen molar-refractivity contribution < 1.29 is 4.79 Å². The molecule has 1 unspecified atom stereocenters. The van der Waals surface area contributed by atoms with E-state index in [9.17, 15) is 4.79 Å². The number of rotatable bonds is 5. The molecule has 5 nitrogen and oxygen atoms in total. The van der Waals surface area contributed by atoms with Crippen molar-refractivity contribution in [2.24, 2.45) is 17.4 Å². The van der Waals surface area contributed by atoms with Gasteiger partial charge in [0.05, 0.1) is 16.8 Å². The number of carbonyl (C=O) groups is 1. The Bertz CT molecular complexity index is 624. The van der Waals surface area contributed by atoms with Crippen LogP contribution in [0.1, 0.15) is 24.2 Å². The number of hydrogen-bond acceptors (Lipinski definition) is 4. The molecule has 106 valence electrons. The second-order valence-electron chi connectivity index (χ2n) is 5.22. The lowest BCUT2D eigenvalue weighted by molar-refractivity contribution is 0.100. The summed E-state index contributed by atoms with van der Waals surface area (Å²) in [7, 11) is 0. The number of nitrogens with zero attached hydrogens (tertiary/aromatic N) is 1. The molecule has 5 heteroatoms. The Kier molecular flexibility index (Phi) is 4.20. The summed E-state index contributed by atoms with van der Waals surface area (Å²) >= 11 is 0. The van der Waals surface area contributed by atoms with Crippen molar-refractivity contribution in [1.29, 1.82) is 0 Å². The van der Waals surface area contributed by atoms with Crippen LogP contribution in [0, 0.1) is 5.92 Å². The number of nitrogens with two attached hydrogens (primary N) is 2. The quantitative estimate of drug-likeness (QED) is 0.772. The molecule has 20 heavy (non-hydrogen) atoms. The maximum atomic E-state index is 11.6. The van der Waals surface area contributed by atoms with Crippen LogP contribution in [0.15, 0.2) is 30.5 Å². The first-order valence-electron chi connectivity index (χ1n) is 6.67. The lowest BCUT2D eigenvalue weighted by atomic mass is 10.0. The molecular weight excluding hydrogens is 252 g/mol. The summed E-state index contributed by atoms with van der Waals surface area (Å²) < 4.78 is 0.